The van der Waals surface area contributed by atoms with Crippen molar-refractivity contribution in [2.75, 3.05) is 6.61 Å². The highest BCUT2D eigenvalue weighted by Crippen LogP contribution is 2.48. The molecule has 0 unspecified atom stereocenters. The Hall–Kier alpha value is -3.56. The minimum atomic E-state index is -1.44. The van der Waals surface area contributed by atoms with Crippen molar-refractivity contribution in [3.8, 4) is 11.3 Å². The molecule has 3 heterocycles. The molecular weight excluding hydrogens is 515 g/mol. The van der Waals surface area contributed by atoms with Crippen molar-refractivity contribution in [2.24, 2.45) is 0 Å². The summed E-state index contributed by atoms with van der Waals surface area (Å²) in [5.74, 6) is -1.33. The summed E-state index contributed by atoms with van der Waals surface area (Å²) in [6.07, 6.45) is 1.39. The number of fused-ring (bicyclic) bond motifs is 5. The molecule has 2 atom stereocenters. The van der Waals surface area contributed by atoms with Crippen molar-refractivity contribution in [1.29, 1.82) is 0 Å². The summed E-state index contributed by atoms with van der Waals surface area (Å²) < 4.78 is 28.6. The number of hydrogen-bond acceptors (Lipinski definition) is 6. The first kappa shape index (κ1) is 26.7. The van der Waals surface area contributed by atoms with Crippen LogP contribution in [0.5, 0.6) is 0 Å². The summed E-state index contributed by atoms with van der Waals surface area (Å²) in [5, 5.41) is 13.9. The van der Waals surface area contributed by atoms with E-state index in [4.69, 9.17) is 9.47 Å². The molecule has 0 fully saturated rings. The second kappa shape index (κ2) is 8.97. The van der Waals surface area contributed by atoms with Crippen molar-refractivity contribution in [3.63, 3.8) is 0 Å². The number of aryl methyl sites for hydroxylation is 1. The molecule has 0 bridgehead atoms. The van der Waals surface area contributed by atoms with Gasteiger partial charge in [-0.15, -0.1) is 0 Å². The third-order valence-electron chi connectivity index (χ3n) is 8.50. The molecule has 0 saturated carbocycles. The van der Waals surface area contributed by atoms with Crippen LogP contribution < -0.4 is 10.9 Å². The van der Waals surface area contributed by atoms with Crippen molar-refractivity contribution in [1.82, 2.24) is 9.88 Å². The highest BCUT2D eigenvalue weighted by Gasteiger charge is 2.50. The number of cyclic esters (lactones) is 1. The van der Waals surface area contributed by atoms with Gasteiger partial charge in [-0.1, -0.05) is 6.92 Å². The van der Waals surface area contributed by atoms with E-state index >= 15 is 4.39 Å². The molecule has 1 aromatic heterocycles. The highest BCUT2D eigenvalue weighted by atomic mass is 19.1. The van der Waals surface area contributed by atoms with Crippen LogP contribution in [0.2, 0.25) is 0 Å². The average molecular weight is 549 g/mol. The molecule has 1 amide bonds. The Kier molecular flexibility index (Phi) is 5.98. The number of carbonyl (C=O) groups is 2. The molecule has 2 aliphatic heterocycles. The maximum atomic E-state index is 15.1. The monoisotopic (exact) mass is 548 g/mol. The van der Waals surface area contributed by atoms with Crippen LogP contribution in [0.25, 0.3) is 22.0 Å². The fraction of sp³-hybridized carbons (Fsp3) is 0.452. The quantitative estimate of drug-likeness (QED) is 0.373. The zero-order chi connectivity index (χ0) is 28.7. The first-order valence-electron chi connectivity index (χ1n) is 13.7. The molecule has 2 N–H and O–H groups in total. The Balaban J connectivity index is 1.65. The van der Waals surface area contributed by atoms with Crippen LogP contribution >= 0.6 is 0 Å². The maximum Gasteiger partial charge on any atom is 0.343 e. The summed E-state index contributed by atoms with van der Waals surface area (Å²) in [6.45, 7) is 8.64. The van der Waals surface area contributed by atoms with Gasteiger partial charge < -0.3 is 24.5 Å². The highest BCUT2D eigenvalue weighted by molar-refractivity contribution is 5.98. The fourth-order valence-electron chi connectivity index (χ4n) is 6.82. The third kappa shape index (κ3) is 3.74. The van der Waals surface area contributed by atoms with Gasteiger partial charge in [0.2, 0.25) is 5.91 Å². The van der Waals surface area contributed by atoms with Crippen LogP contribution in [0.15, 0.2) is 23.0 Å². The van der Waals surface area contributed by atoms with Crippen LogP contribution in [0.3, 0.4) is 0 Å². The number of aromatic nitrogens is 1. The number of nitrogens with zero attached hydrogens (tertiary/aromatic N) is 1. The van der Waals surface area contributed by atoms with E-state index in [1.165, 1.54) is 6.07 Å². The summed E-state index contributed by atoms with van der Waals surface area (Å²) >= 11 is 0. The zero-order valence-electron chi connectivity index (χ0n) is 23.4. The van der Waals surface area contributed by atoms with Gasteiger partial charge in [0, 0.05) is 11.1 Å². The van der Waals surface area contributed by atoms with Crippen LogP contribution in [-0.4, -0.2) is 33.8 Å². The molecule has 40 heavy (non-hydrogen) atoms. The van der Waals surface area contributed by atoms with Gasteiger partial charge in [0.15, 0.2) is 5.60 Å². The van der Waals surface area contributed by atoms with E-state index in [-0.39, 0.29) is 30.9 Å². The van der Waals surface area contributed by atoms with Crippen molar-refractivity contribution in [2.45, 2.75) is 84.3 Å². The van der Waals surface area contributed by atoms with E-state index in [2.05, 4.69) is 5.32 Å². The number of hydrogen-bond donors (Lipinski definition) is 2. The molecule has 8 nitrogen and oxygen atoms in total. The van der Waals surface area contributed by atoms with Gasteiger partial charge in [-0.05, 0) is 98.2 Å². The number of aliphatic hydroxyl groups is 1. The van der Waals surface area contributed by atoms with Crippen molar-refractivity contribution in [3.05, 3.63) is 67.8 Å². The van der Waals surface area contributed by atoms with Crippen molar-refractivity contribution < 1.29 is 28.6 Å². The number of benzene rings is 2. The SMILES string of the molecule is CC[C@@]1(OC(C)(C)C)C(=O)OCc2c1cc1n(c2=O)Cc2c-1cc1cc(F)c(C)c3c1c2[C@@H](NC(=O)CO)CC3. The molecule has 0 radical (unpaired) electrons. The zero-order valence-corrected chi connectivity index (χ0v) is 23.4. The van der Waals surface area contributed by atoms with Gasteiger partial charge in [-0.2, -0.15) is 0 Å². The Bertz CT molecular complexity index is 1680. The standard InChI is InChI=1S/C31H33FN2O6/c1-6-31(40-30(3,4)5)21-11-24-18-9-16-10-22(32)15(2)17-7-8-23(33-25(36)13-35)27(26(16)17)19(18)12-34(24)28(37)20(21)14-39-29(31)38/h9-11,23,35H,6-8,12-14H2,1-5H3,(H,33,36)/t23-,31-/m0/s1. The number of halogens is 1. The van der Waals surface area contributed by atoms with E-state index in [0.717, 1.165) is 27.6 Å². The van der Waals surface area contributed by atoms with Gasteiger partial charge in [-0.3, -0.25) is 9.59 Å². The van der Waals surface area contributed by atoms with Gasteiger partial charge in [-0.25, -0.2) is 9.18 Å². The molecule has 1 aliphatic carbocycles. The predicted molar refractivity (Wildman–Crippen MR) is 146 cm³/mol. The molecule has 210 valence electrons. The number of carbonyl (C=O) groups excluding carboxylic acids is 2. The molecule has 6 rings (SSSR count). The van der Waals surface area contributed by atoms with E-state index < -0.39 is 35.7 Å². The first-order valence-corrected chi connectivity index (χ1v) is 13.7. The predicted octanol–water partition coefficient (Wildman–Crippen LogP) is 4.05. The molecule has 0 spiro atoms. The number of esters is 1. The fourth-order valence-corrected chi connectivity index (χ4v) is 6.82. The minimum absolute atomic E-state index is 0.141. The summed E-state index contributed by atoms with van der Waals surface area (Å²) in [7, 11) is 0. The lowest BCUT2D eigenvalue weighted by Gasteiger charge is -2.40. The Morgan fingerprint density at radius 2 is 1.98 bits per heavy atom. The summed E-state index contributed by atoms with van der Waals surface area (Å²) in [6, 6.07) is 4.86. The largest absolute Gasteiger partial charge is 0.458 e. The Morgan fingerprint density at radius 1 is 1.23 bits per heavy atom. The number of aliphatic hydroxyl groups excluding tert-OH is 1. The number of nitrogens with one attached hydrogen (secondary N) is 1. The van der Waals surface area contributed by atoms with Gasteiger partial charge >= 0.3 is 5.97 Å². The molecule has 3 aliphatic rings. The van der Waals surface area contributed by atoms with Crippen LogP contribution in [0.1, 0.15) is 80.0 Å². The lowest BCUT2D eigenvalue weighted by molar-refractivity contribution is -0.200. The number of pyridine rings is 1. The summed E-state index contributed by atoms with van der Waals surface area (Å²) in [4.78, 5) is 39.5. The van der Waals surface area contributed by atoms with Crippen LogP contribution in [0.4, 0.5) is 4.39 Å². The smallest absolute Gasteiger partial charge is 0.343 e. The van der Waals surface area contributed by atoms with Crippen LogP contribution in [0, 0.1) is 12.7 Å². The molecule has 0 saturated heterocycles. The Morgan fingerprint density at radius 3 is 2.65 bits per heavy atom. The van der Waals surface area contributed by atoms with Gasteiger partial charge in [0.1, 0.15) is 19.0 Å². The second-order valence-electron chi connectivity index (χ2n) is 12.0. The normalized spacial score (nSPS) is 21.1. The number of amides is 1. The Labute approximate surface area is 231 Å². The van der Waals surface area contributed by atoms with Crippen molar-refractivity contribution >= 4 is 22.6 Å². The minimum Gasteiger partial charge on any atom is -0.458 e. The van der Waals surface area contributed by atoms with E-state index in [9.17, 15) is 19.5 Å². The second-order valence-corrected chi connectivity index (χ2v) is 12.0. The van der Waals surface area contributed by atoms with Crippen LogP contribution in [-0.2, 0) is 44.2 Å². The molecule has 9 heteroatoms. The lowest BCUT2D eigenvalue weighted by atomic mass is 9.79. The van der Waals surface area contributed by atoms with E-state index in [1.807, 2.05) is 39.8 Å². The van der Waals surface area contributed by atoms with Gasteiger partial charge in [0.25, 0.3) is 5.56 Å². The summed E-state index contributed by atoms with van der Waals surface area (Å²) in [5.41, 5.74) is 3.03. The number of ether oxygens (including phenoxy) is 2. The average Bonchev–Trinajstić information content (AvgIpc) is 3.27. The van der Waals surface area contributed by atoms with E-state index in [0.29, 0.717) is 40.6 Å². The maximum absolute atomic E-state index is 15.1. The number of rotatable bonds is 4. The first-order chi connectivity index (χ1) is 18.9. The lowest BCUT2D eigenvalue weighted by Crippen LogP contribution is -2.49. The molecular formula is C31H33FN2O6. The topological polar surface area (TPSA) is 107 Å². The third-order valence-corrected chi connectivity index (χ3v) is 8.50. The van der Waals surface area contributed by atoms with E-state index in [1.54, 1.807) is 11.5 Å². The molecule has 3 aromatic rings. The molecule has 2 aromatic carbocycles. The van der Waals surface area contributed by atoms with Gasteiger partial charge in [0.05, 0.1) is 29.4 Å².